The molecule has 2 aliphatic rings. The maximum atomic E-state index is 12.8. The Balaban J connectivity index is 1.42. The number of phenols is 1. The fourth-order valence-electron chi connectivity index (χ4n) is 4.98. The first-order chi connectivity index (χ1) is 14.6. The van der Waals surface area contributed by atoms with Crippen molar-refractivity contribution >= 4 is 0 Å². The van der Waals surface area contributed by atoms with E-state index in [9.17, 15) is 9.90 Å². The average molecular weight is 403 g/mol. The van der Waals surface area contributed by atoms with Gasteiger partial charge >= 0.3 is 0 Å². The van der Waals surface area contributed by atoms with E-state index in [0.29, 0.717) is 17.6 Å². The largest absolute Gasteiger partial charge is 0.504 e. The highest BCUT2D eigenvalue weighted by molar-refractivity contribution is 5.62. The highest BCUT2D eigenvalue weighted by atomic mass is 16.5. The number of nitrogens with zero attached hydrogens (tertiary/aromatic N) is 3. The van der Waals surface area contributed by atoms with Crippen LogP contribution in [0.15, 0.2) is 59.7 Å². The Labute approximate surface area is 175 Å². The normalized spacial score (nSPS) is 20.6. The standard InChI is InChI=1S/C24H25N3O3/c1-30-23-5-4-16(8-22(23)28)12-26-13-17-7-20(15-26)21-9-19(10-24(29)27(21)14-17)18-3-2-6-25-11-18/h2-6,8-11,17,20,28H,7,12-15H2,1H3/t17-,20+/m0/s1. The molecular formula is C24H25N3O3. The first-order valence-corrected chi connectivity index (χ1v) is 10.3. The van der Waals surface area contributed by atoms with E-state index in [1.54, 1.807) is 31.6 Å². The molecule has 30 heavy (non-hydrogen) atoms. The Bertz CT molecular complexity index is 1130. The topological polar surface area (TPSA) is 67.6 Å². The van der Waals surface area contributed by atoms with Crippen molar-refractivity contribution in [3.05, 3.63) is 76.5 Å². The molecule has 6 heteroatoms. The van der Waals surface area contributed by atoms with E-state index in [1.165, 1.54) is 0 Å². The second-order valence-corrected chi connectivity index (χ2v) is 8.36. The van der Waals surface area contributed by atoms with E-state index in [1.807, 2.05) is 28.8 Å². The molecule has 0 radical (unpaired) electrons. The number of rotatable bonds is 4. The third kappa shape index (κ3) is 3.48. The number of likely N-dealkylation sites (tertiary alicyclic amines) is 1. The van der Waals surface area contributed by atoms with Crippen LogP contribution in [-0.2, 0) is 13.1 Å². The van der Waals surface area contributed by atoms with Gasteiger partial charge in [-0.3, -0.25) is 14.7 Å². The van der Waals surface area contributed by atoms with Gasteiger partial charge in [0, 0.05) is 61.8 Å². The summed E-state index contributed by atoms with van der Waals surface area (Å²) in [6.45, 7) is 3.40. The van der Waals surface area contributed by atoms with E-state index < -0.39 is 0 Å². The van der Waals surface area contributed by atoms with Gasteiger partial charge in [0.1, 0.15) is 0 Å². The Morgan fingerprint density at radius 2 is 2.03 bits per heavy atom. The lowest BCUT2D eigenvalue weighted by atomic mass is 9.82. The molecule has 2 aliphatic heterocycles. The van der Waals surface area contributed by atoms with E-state index in [4.69, 9.17) is 4.74 Å². The van der Waals surface area contributed by atoms with Gasteiger partial charge in [-0.1, -0.05) is 12.1 Å². The van der Waals surface area contributed by atoms with Gasteiger partial charge in [0.05, 0.1) is 7.11 Å². The number of hydrogen-bond donors (Lipinski definition) is 1. The molecule has 0 amide bonds. The Hall–Kier alpha value is -3.12. The van der Waals surface area contributed by atoms with Gasteiger partial charge in [-0.2, -0.15) is 0 Å². The summed E-state index contributed by atoms with van der Waals surface area (Å²) in [7, 11) is 1.56. The maximum Gasteiger partial charge on any atom is 0.251 e. The van der Waals surface area contributed by atoms with Crippen LogP contribution in [0.4, 0.5) is 0 Å². The average Bonchev–Trinajstić information content (AvgIpc) is 2.75. The van der Waals surface area contributed by atoms with Crippen LogP contribution in [-0.4, -0.2) is 39.8 Å². The monoisotopic (exact) mass is 403 g/mol. The van der Waals surface area contributed by atoms with Gasteiger partial charge < -0.3 is 14.4 Å². The van der Waals surface area contributed by atoms with Crippen molar-refractivity contribution in [3.63, 3.8) is 0 Å². The summed E-state index contributed by atoms with van der Waals surface area (Å²) in [5, 5.41) is 10.1. The molecule has 3 aromatic rings. The third-order valence-corrected chi connectivity index (χ3v) is 6.28. The van der Waals surface area contributed by atoms with E-state index in [-0.39, 0.29) is 11.3 Å². The van der Waals surface area contributed by atoms with Crippen LogP contribution >= 0.6 is 0 Å². The van der Waals surface area contributed by atoms with Crippen LogP contribution in [0.2, 0.25) is 0 Å². The molecule has 2 bridgehead atoms. The van der Waals surface area contributed by atoms with Gasteiger partial charge in [-0.15, -0.1) is 0 Å². The minimum Gasteiger partial charge on any atom is -0.504 e. The fourth-order valence-corrected chi connectivity index (χ4v) is 4.98. The molecular weight excluding hydrogens is 378 g/mol. The predicted octanol–water partition coefficient (Wildman–Crippen LogP) is 3.24. The lowest BCUT2D eigenvalue weighted by Gasteiger charge is -2.43. The predicted molar refractivity (Wildman–Crippen MR) is 115 cm³/mol. The zero-order valence-corrected chi connectivity index (χ0v) is 17.0. The molecule has 5 rings (SSSR count). The molecule has 2 aromatic heterocycles. The molecule has 1 saturated heterocycles. The molecule has 1 N–H and O–H groups in total. The molecule has 154 valence electrons. The molecule has 0 saturated carbocycles. The first kappa shape index (κ1) is 18.9. The number of piperidine rings is 1. The highest BCUT2D eigenvalue weighted by Gasteiger charge is 2.34. The van der Waals surface area contributed by atoms with Crippen molar-refractivity contribution in [2.24, 2.45) is 5.92 Å². The van der Waals surface area contributed by atoms with Crippen molar-refractivity contribution in [2.75, 3.05) is 20.2 Å². The number of aromatic hydroxyl groups is 1. The Kier molecular flexibility index (Phi) is 4.79. The van der Waals surface area contributed by atoms with Crippen LogP contribution in [0.1, 0.15) is 23.6 Å². The number of pyridine rings is 2. The fraction of sp³-hybridized carbons (Fsp3) is 0.333. The highest BCUT2D eigenvalue weighted by Crippen LogP contribution is 2.37. The Morgan fingerprint density at radius 3 is 2.80 bits per heavy atom. The van der Waals surface area contributed by atoms with Gasteiger partial charge in [0.15, 0.2) is 11.5 Å². The number of fused-ring (bicyclic) bond motifs is 4. The summed E-state index contributed by atoms with van der Waals surface area (Å²) in [4.78, 5) is 19.5. The van der Waals surface area contributed by atoms with Crippen LogP contribution < -0.4 is 10.3 Å². The van der Waals surface area contributed by atoms with Crippen LogP contribution in [0.5, 0.6) is 11.5 Å². The first-order valence-electron chi connectivity index (χ1n) is 10.3. The lowest BCUT2D eigenvalue weighted by molar-refractivity contribution is 0.114. The van der Waals surface area contributed by atoms with Gasteiger partial charge in [0.25, 0.3) is 5.56 Å². The summed E-state index contributed by atoms with van der Waals surface area (Å²) < 4.78 is 7.12. The van der Waals surface area contributed by atoms with Gasteiger partial charge in [-0.05, 0) is 47.7 Å². The summed E-state index contributed by atoms with van der Waals surface area (Å²) >= 11 is 0. The molecule has 6 nitrogen and oxygen atoms in total. The summed E-state index contributed by atoms with van der Waals surface area (Å²) in [5.41, 5.74) is 4.18. The maximum absolute atomic E-state index is 12.8. The number of aromatic nitrogens is 2. The summed E-state index contributed by atoms with van der Waals surface area (Å²) in [6, 6.07) is 13.4. The lowest BCUT2D eigenvalue weighted by Crippen LogP contribution is -2.46. The van der Waals surface area contributed by atoms with Crippen molar-refractivity contribution in [3.8, 4) is 22.6 Å². The number of benzene rings is 1. The molecule has 0 spiro atoms. The van der Waals surface area contributed by atoms with Crippen molar-refractivity contribution < 1.29 is 9.84 Å². The van der Waals surface area contributed by atoms with Gasteiger partial charge in [0.2, 0.25) is 0 Å². The van der Waals surface area contributed by atoms with Gasteiger partial charge in [-0.25, -0.2) is 0 Å². The third-order valence-electron chi connectivity index (χ3n) is 6.28. The quantitative estimate of drug-likeness (QED) is 0.724. The van der Waals surface area contributed by atoms with Crippen LogP contribution in [0, 0.1) is 5.92 Å². The van der Waals surface area contributed by atoms with E-state index in [0.717, 1.165) is 55.0 Å². The Morgan fingerprint density at radius 1 is 1.13 bits per heavy atom. The smallest absolute Gasteiger partial charge is 0.251 e. The summed E-state index contributed by atoms with van der Waals surface area (Å²) in [6.07, 6.45) is 4.66. The molecule has 4 heterocycles. The molecule has 1 aromatic carbocycles. The molecule has 2 atom stereocenters. The molecule has 0 unspecified atom stereocenters. The molecule has 0 aliphatic carbocycles. The zero-order valence-electron chi connectivity index (χ0n) is 17.0. The zero-order chi connectivity index (χ0) is 20.7. The number of phenolic OH excluding ortho intramolecular Hbond substituents is 1. The van der Waals surface area contributed by atoms with Crippen LogP contribution in [0.25, 0.3) is 11.1 Å². The van der Waals surface area contributed by atoms with E-state index >= 15 is 0 Å². The van der Waals surface area contributed by atoms with Crippen molar-refractivity contribution in [1.82, 2.24) is 14.5 Å². The minimum absolute atomic E-state index is 0.0783. The van der Waals surface area contributed by atoms with E-state index in [2.05, 4.69) is 16.0 Å². The van der Waals surface area contributed by atoms with Crippen LogP contribution in [0.3, 0.4) is 0 Å². The number of ether oxygens (including phenoxy) is 1. The second-order valence-electron chi connectivity index (χ2n) is 8.36. The SMILES string of the molecule is COc1ccc(CN2C[C@@H]3C[C@H](C2)c2cc(-c4cccnc4)cc(=O)n2C3)cc1O. The summed E-state index contributed by atoms with van der Waals surface area (Å²) in [5.74, 6) is 1.45. The molecule has 1 fully saturated rings. The van der Waals surface area contributed by atoms with Crippen molar-refractivity contribution in [1.29, 1.82) is 0 Å². The number of methoxy groups -OCH3 is 1. The minimum atomic E-state index is 0.0783. The number of hydrogen-bond acceptors (Lipinski definition) is 5. The second kappa shape index (κ2) is 7.61. The van der Waals surface area contributed by atoms with Crippen molar-refractivity contribution in [2.45, 2.75) is 25.4 Å².